The largest absolute Gasteiger partial charge is 0.484 e. The van der Waals surface area contributed by atoms with Gasteiger partial charge in [0.15, 0.2) is 0 Å². The van der Waals surface area contributed by atoms with Crippen LogP contribution in [0.5, 0.6) is 0 Å². The molecule has 1 saturated heterocycles. The summed E-state index contributed by atoms with van der Waals surface area (Å²) in [6.07, 6.45) is 1.64. The molecule has 0 amide bonds. The van der Waals surface area contributed by atoms with Gasteiger partial charge in [0.1, 0.15) is 16.3 Å². The second-order valence-corrected chi connectivity index (χ2v) is 6.53. The summed E-state index contributed by atoms with van der Waals surface area (Å²) >= 11 is 1.46. The van der Waals surface area contributed by atoms with Gasteiger partial charge in [0.25, 0.3) is 0 Å². The minimum Gasteiger partial charge on any atom is -0.484 e. The highest BCUT2D eigenvalue weighted by molar-refractivity contribution is 8.04. The number of hydrogen-bond donors (Lipinski definition) is 0. The van der Waals surface area contributed by atoms with Gasteiger partial charge < -0.3 is 9.47 Å². The standard InChI is InChI=1S/C16H14O4S/c17-12-10-3-1-2-4-11(10)14-15(13(12)18)21-9-16(20-14)5-7-19-8-6-16/h1-4H,5-9H2. The van der Waals surface area contributed by atoms with E-state index in [-0.39, 0.29) is 5.60 Å². The predicted molar refractivity (Wildman–Crippen MR) is 79.0 cm³/mol. The highest BCUT2D eigenvalue weighted by Crippen LogP contribution is 2.46. The quantitative estimate of drug-likeness (QED) is 0.689. The first kappa shape index (κ1) is 13.1. The summed E-state index contributed by atoms with van der Waals surface area (Å²) in [5, 5.41) is 0. The lowest BCUT2D eigenvalue weighted by Crippen LogP contribution is -2.44. The van der Waals surface area contributed by atoms with Crippen LogP contribution in [0.1, 0.15) is 28.8 Å². The van der Waals surface area contributed by atoms with E-state index < -0.39 is 11.6 Å². The molecule has 4 nitrogen and oxygen atoms in total. The monoisotopic (exact) mass is 302 g/mol. The first-order valence-corrected chi connectivity index (χ1v) is 8.01. The fourth-order valence-electron chi connectivity index (χ4n) is 3.00. The summed E-state index contributed by atoms with van der Waals surface area (Å²) < 4.78 is 11.7. The number of ketones is 2. The Morgan fingerprint density at radius 1 is 1.00 bits per heavy atom. The maximum atomic E-state index is 12.3. The Hall–Kier alpha value is -1.59. The van der Waals surface area contributed by atoms with Crippen molar-refractivity contribution in [1.82, 2.24) is 0 Å². The zero-order valence-electron chi connectivity index (χ0n) is 11.4. The van der Waals surface area contributed by atoms with E-state index in [9.17, 15) is 9.59 Å². The van der Waals surface area contributed by atoms with E-state index in [1.165, 1.54) is 11.8 Å². The minimum atomic E-state index is -0.435. The average Bonchev–Trinajstić information content (AvgIpc) is 2.53. The first-order chi connectivity index (χ1) is 10.2. The maximum absolute atomic E-state index is 12.3. The molecule has 108 valence electrons. The van der Waals surface area contributed by atoms with Gasteiger partial charge in [-0.2, -0.15) is 0 Å². The van der Waals surface area contributed by atoms with Crippen molar-refractivity contribution in [2.24, 2.45) is 0 Å². The number of allylic oxidation sites excluding steroid dienone is 1. The molecule has 5 heteroatoms. The van der Waals surface area contributed by atoms with E-state index in [0.717, 1.165) is 18.4 Å². The zero-order valence-corrected chi connectivity index (χ0v) is 12.2. The topological polar surface area (TPSA) is 52.6 Å². The summed E-state index contributed by atoms with van der Waals surface area (Å²) in [6, 6.07) is 7.19. The van der Waals surface area contributed by atoms with Gasteiger partial charge in [-0.25, -0.2) is 0 Å². The van der Waals surface area contributed by atoms with Crippen molar-refractivity contribution in [1.29, 1.82) is 0 Å². The normalized spacial score (nSPS) is 23.6. The Kier molecular flexibility index (Phi) is 2.94. The third-order valence-corrected chi connectivity index (χ3v) is 5.57. The Labute approximate surface area is 126 Å². The van der Waals surface area contributed by atoms with Crippen molar-refractivity contribution in [3.8, 4) is 0 Å². The van der Waals surface area contributed by atoms with Crippen LogP contribution < -0.4 is 0 Å². The van der Waals surface area contributed by atoms with Gasteiger partial charge >= 0.3 is 0 Å². The third-order valence-electron chi connectivity index (χ3n) is 4.24. The van der Waals surface area contributed by atoms with Crippen LogP contribution in [0.3, 0.4) is 0 Å². The molecule has 0 N–H and O–H groups in total. The van der Waals surface area contributed by atoms with Gasteiger partial charge in [-0.15, -0.1) is 11.8 Å². The SMILES string of the molecule is O=C1C(=O)c2ccccc2C2=C1SCC1(CCOCC1)O2. The number of fused-ring (bicyclic) bond motifs is 2. The predicted octanol–water partition coefficient (Wildman–Crippen LogP) is 2.43. The molecule has 0 atom stereocenters. The number of carbonyl (C=O) groups is 2. The molecule has 0 radical (unpaired) electrons. The molecule has 1 aromatic carbocycles. The van der Waals surface area contributed by atoms with E-state index in [2.05, 4.69) is 0 Å². The molecule has 1 aliphatic carbocycles. The number of benzene rings is 1. The summed E-state index contributed by atoms with van der Waals surface area (Å²) in [7, 11) is 0. The summed E-state index contributed by atoms with van der Waals surface area (Å²) in [6.45, 7) is 1.36. The van der Waals surface area contributed by atoms with Crippen LogP contribution in [-0.2, 0) is 14.3 Å². The van der Waals surface area contributed by atoms with Crippen molar-refractivity contribution in [3.05, 3.63) is 40.3 Å². The lowest BCUT2D eigenvalue weighted by molar-refractivity contribution is -0.111. The highest BCUT2D eigenvalue weighted by Gasteiger charge is 2.45. The van der Waals surface area contributed by atoms with Crippen molar-refractivity contribution >= 4 is 29.1 Å². The van der Waals surface area contributed by atoms with Gasteiger partial charge in [0.2, 0.25) is 11.6 Å². The van der Waals surface area contributed by atoms with Crippen LogP contribution in [0.4, 0.5) is 0 Å². The number of hydrogen-bond acceptors (Lipinski definition) is 5. The van der Waals surface area contributed by atoms with Crippen molar-refractivity contribution < 1.29 is 19.1 Å². The van der Waals surface area contributed by atoms with Crippen LogP contribution in [0.25, 0.3) is 5.76 Å². The molecule has 2 heterocycles. The fraction of sp³-hybridized carbons (Fsp3) is 0.375. The molecule has 3 aliphatic rings. The molecule has 2 aliphatic heterocycles. The van der Waals surface area contributed by atoms with Crippen LogP contribution in [0.2, 0.25) is 0 Å². The van der Waals surface area contributed by atoms with Gasteiger partial charge in [-0.3, -0.25) is 9.59 Å². The van der Waals surface area contributed by atoms with E-state index >= 15 is 0 Å². The Morgan fingerprint density at radius 2 is 1.71 bits per heavy atom. The Bertz CT molecular complexity index is 671. The smallest absolute Gasteiger partial charge is 0.243 e. The van der Waals surface area contributed by atoms with E-state index in [1.807, 2.05) is 12.1 Å². The molecule has 0 saturated carbocycles. The van der Waals surface area contributed by atoms with Gasteiger partial charge in [0.05, 0.1) is 13.2 Å². The first-order valence-electron chi connectivity index (χ1n) is 7.02. The number of ether oxygens (including phenoxy) is 2. The summed E-state index contributed by atoms with van der Waals surface area (Å²) in [5.74, 6) is 0.434. The second-order valence-electron chi connectivity index (χ2n) is 5.55. The van der Waals surface area contributed by atoms with Crippen LogP contribution in [0, 0.1) is 0 Å². The maximum Gasteiger partial charge on any atom is 0.243 e. The number of carbonyl (C=O) groups excluding carboxylic acids is 2. The van der Waals surface area contributed by atoms with E-state index in [4.69, 9.17) is 9.47 Å². The summed E-state index contributed by atoms with van der Waals surface area (Å²) in [4.78, 5) is 24.9. The van der Waals surface area contributed by atoms with Crippen molar-refractivity contribution in [2.75, 3.05) is 19.0 Å². The second kappa shape index (κ2) is 4.71. The molecule has 1 spiro atoms. The molecule has 21 heavy (non-hydrogen) atoms. The highest BCUT2D eigenvalue weighted by atomic mass is 32.2. The van der Waals surface area contributed by atoms with Crippen LogP contribution in [0.15, 0.2) is 29.2 Å². The number of thioether (sulfide) groups is 1. The van der Waals surface area contributed by atoms with E-state index in [1.54, 1.807) is 12.1 Å². The molecule has 1 fully saturated rings. The summed E-state index contributed by atoms with van der Waals surface area (Å²) in [5.41, 5.74) is 0.927. The number of rotatable bonds is 0. The fourth-order valence-corrected chi connectivity index (χ4v) is 4.26. The molecule has 0 bridgehead atoms. The van der Waals surface area contributed by atoms with Crippen LogP contribution in [-0.4, -0.2) is 36.1 Å². The lowest BCUT2D eigenvalue weighted by atomic mass is 9.91. The molecular formula is C16H14O4S. The van der Waals surface area contributed by atoms with E-state index in [0.29, 0.717) is 35.2 Å². The minimum absolute atomic E-state index is 0.268. The average molecular weight is 302 g/mol. The molecule has 0 aromatic heterocycles. The molecule has 0 unspecified atom stereocenters. The lowest BCUT2D eigenvalue weighted by Gasteiger charge is -2.42. The molecular weight excluding hydrogens is 288 g/mol. The third kappa shape index (κ3) is 1.95. The molecule has 1 aromatic rings. The van der Waals surface area contributed by atoms with Gasteiger partial charge in [0, 0.05) is 29.7 Å². The number of Topliss-reactive ketones (excluding diaryl/α,β-unsaturated/α-hetero) is 2. The van der Waals surface area contributed by atoms with Gasteiger partial charge in [-0.05, 0) is 0 Å². The van der Waals surface area contributed by atoms with Crippen molar-refractivity contribution in [2.45, 2.75) is 18.4 Å². The van der Waals surface area contributed by atoms with Gasteiger partial charge in [-0.1, -0.05) is 24.3 Å². The Balaban J connectivity index is 1.81. The van der Waals surface area contributed by atoms with Crippen LogP contribution >= 0.6 is 11.8 Å². The molecule has 4 rings (SSSR count). The zero-order chi connectivity index (χ0) is 14.4. The van der Waals surface area contributed by atoms with Crippen molar-refractivity contribution in [3.63, 3.8) is 0 Å². The Morgan fingerprint density at radius 3 is 2.48 bits per heavy atom.